The van der Waals surface area contributed by atoms with E-state index in [-0.39, 0.29) is 34.0 Å². The van der Waals surface area contributed by atoms with E-state index < -0.39 is 32.8 Å². The van der Waals surface area contributed by atoms with Gasteiger partial charge in [-0.25, -0.2) is 0 Å². The smallest absolute Gasteiger partial charge is 0.218 e. The Hall–Kier alpha value is 0.160. The first-order valence-corrected chi connectivity index (χ1v) is 9.56. The molecule has 0 N–H and O–H groups in total. The summed E-state index contributed by atoms with van der Waals surface area (Å²) in [6.07, 6.45) is 0.0796. The van der Waals surface area contributed by atoms with E-state index in [9.17, 15) is 9.59 Å². The monoisotopic (exact) mass is 428 g/mol. The lowest BCUT2D eigenvalue weighted by Gasteiger charge is -2.48. The van der Waals surface area contributed by atoms with Crippen LogP contribution in [0.5, 0.6) is 0 Å². The van der Waals surface area contributed by atoms with E-state index in [0.717, 1.165) is 0 Å². The number of carbonyl (C=O) groups is 2. The van der Waals surface area contributed by atoms with E-state index in [1.165, 1.54) is 14.2 Å². The third-order valence-electron chi connectivity index (χ3n) is 6.45. The zero-order valence-electron chi connectivity index (χ0n) is 14.6. The van der Waals surface area contributed by atoms with E-state index in [2.05, 4.69) is 0 Å². The minimum absolute atomic E-state index is 0.00237. The third-order valence-corrected chi connectivity index (χ3v) is 9.19. The largest absolute Gasteiger partial charge is 0.349 e. The highest BCUT2D eigenvalue weighted by molar-refractivity contribution is 6.53. The molecule has 0 aromatic rings. The quantitative estimate of drug-likeness (QED) is 0.500. The summed E-state index contributed by atoms with van der Waals surface area (Å²) in [4.78, 5) is 23.2. The van der Waals surface area contributed by atoms with Gasteiger partial charge in [0.15, 0.2) is 0 Å². The van der Waals surface area contributed by atoms with Crippen LogP contribution in [0.25, 0.3) is 0 Å². The van der Waals surface area contributed by atoms with Crippen molar-refractivity contribution in [3.05, 3.63) is 10.1 Å². The average molecular weight is 430 g/mol. The minimum atomic E-state index is -1.74. The van der Waals surface area contributed by atoms with Gasteiger partial charge in [0, 0.05) is 26.6 Å². The van der Waals surface area contributed by atoms with Crippen molar-refractivity contribution in [2.75, 3.05) is 14.2 Å². The zero-order valence-corrected chi connectivity index (χ0v) is 17.6. The van der Waals surface area contributed by atoms with Crippen LogP contribution in [-0.2, 0) is 19.1 Å². The lowest BCUT2D eigenvalue weighted by atomic mass is 9.56. The Morgan fingerprint density at radius 1 is 1.08 bits per heavy atom. The van der Waals surface area contributed by atoms with Crippen LogP contribution in [0.4, 0.5) is 0 Å². The SMILES string of the molecule is COC1(OC)[C@]2(Cl)C(Cl)=C(Cl)[C@@]1(Cl)[C@@]1(C)C(=O)C[C@H](C(C)C)C(=O)[C@H]12. The molecule has 2 bridgehead atoms. The van der Waals surface area contributed by atoms with E-state index >= 15 is 0 Å². The predicted molar refractivity (Wildman–Crippen MR) is 97.2 cm³/mol. The van der Waals surface area contributed by atoms with Crippen LogP contribution in [0.2, 0.25) is 0 Å². The van der Waals surface area contributed by atoms with Crippen molar-refractivity contribution in [1.82, 2.24) is 0 Å². The molecule has 8 heteroatoms. The van der Waals surface area contributed by atoms with Crippen molar-refractivity contribution in [3.8, 4) is 0 Å². The van der Waals surface area contributed by atoms with E-state index in [0.29, 0.717) is 0 Å². The van der Waals surface area contributed by atoms with Gasteiger partial charge in [0.25, 0.3) is 0 Å². The fourth-order valence-corrected chi connectivity index (χ4v) is 7.44. The predicted octanol–water partition coefficient (Wildman–Crippen LogP) is 4.08. The van der Waals surface area contributed by atoms with E-state index in [1.54, 1.807) is 6.92 Å². The summed E-state index contributed by atoms with van der Waals surface area (Å²) in [5.74, 6) is -3.57. The normalized spacial score (nSPS) is 45.5. The number of Topliss-reactive ketones (excluding diaryl/α,β-unsaturated/α-hetero) is 2. The Bertz CT molecular complexity index is 701. The first-order valence-electron chi connectivity index (χ1n) is 8.04. The maximum Gasteiger partial charge on any atom is 0.218 e. The van der Waals surface area contributed by atoms with Crippen LogP contribution in [0.15, 0.2) is 10.1 Å². The van der Waals surface area contributed by atoms with Crippen LogP contribution in [0, 0.1) is 23.2 Å². The molecule has 3 rings (SSSR count). The summed E-state index contributed by atoms with van der Waals surface area (Å²) in [7, 11) is 2.71. The molecular weight excluding hydrogens is 410 g/mol. The molecule has 140 valence electrons. The topological polar surface area (TPSA) is 52.6 Å². The summed E-state index contributed by atoms with van der Waals surface area (Å²) in [5, 5.41) is -0.00000488. The second kappa shape index (κ2) is 5.59. The lowest BCUT2D eigenvalue weighted by Crippen LogP contribution is -2.60. The molecule has 3 aliphatic carbocycles. The van der Waals surface area contributed by atoms with Gasteiger partial charge in [0.2, 0.25) is 5.79 Å². The fourth-order valence-electron chi connectivity index (χ4n) is 5.12. The number of methoxy groups -OCH3 is 2. The Kier molecular flexibility index (Phi) is 4.45. The minimum Gasteiger partial charge on any atom is -0.349 e. The second-order valence-electron chi connectivity index (χ2n) is 7.54. The third kappa shape index (κ3) is 1.72. The Morgan fingerprint density at radius 3 is 2.04 bits per heavy atom. The van der Waals surface area contributed by atoms with Gasteiger partial charge in [-0.15, -0.1) is 23.2 Å². The van der Waals surface area contributed by atoms with Gasteiger partial charge in [-0.05, 0) is 12.8 Å². The highest BCUT2D eigenvalue weighted by atomic mass is 35.5. The number of ketones is 2. The highest BCUT2D eigenvalue weighted by Gasteiger charge is 2.91. The number of halogens is 4. The molecule has 25 heavy (non-hydrogen) atoms. The Morgan fingerprint density at radius 2 is 1.60 bits per heavy atom. The Balaban J connectivity index is 2.39. The summed E-state index contributed by atoms with van der Waals surface area (Å²) in [5.41, 5.74) is -1.39. The molecule has 0 radical (unpaired) electrons. The number of ether oxygens (including phenoxy) is 2. The van der Waals surface area contributed by atoms with Crippen LogP contribution >= 0.6 is 46.4 Å². The highest BCUT2D eigenvalue weighted by Crippen LogP contribution is 2.79. The van der Waals surface area contributed by atoms with Crippen LogP contribution < -0.4 is 0 Å². The van der Waals surface area contributed by atoms with Crippen molar-refractivity contribution >= 4 is 58.0 Å². The van der Waals surface area contributed by atoms with Crippen LogP contribution in [0.3, 0.4) is 0 Å². The number of rotatable bonds is 3. The van der Waals surface area contributed by atoms with Crippen molar-refractivity contribution in [2.24, 2.45) is 23.2 Å². The first-order chi connectivity index (χ1) is 11.4. The van der Waals surface area contributed by atoms with Gasteiger partial charge in [-0.2, -0.15) is 0 Å². The van der Waals surface area contributed by atoms with Crippen molar-refractivity contribution in [3.63, 3.8) is 0 Å². The summed E-state index contributed by atoms with van der Waals surface area (Å²) in [6, 6.07) is 0. The number of carbonyl (C=O) groups excluding carboxylic acids is 2. The molecule has 0 saturated heterocycles. The zero-order chi connectivity index (χ0) is 19.2. The number of hydrogen-bond acceptors (Lipinski definition) is 4. The molecule has 0 aromatic carbocycles. The summed E-state index contributed by atoms with van der Waals surface area (Å²) in [6.45, 7) is 5.41. The molecule has 0 spiro atoms. The number of alkyl halides is 2. The molecule has 5 atom stereocenters. The molecule has 0 unspecified atom stereocenters. The number of hydrogen-bond donors (Lipinski definition) is 0. The molecule has 0 heterocycles. The van der Waals surface area contributed by atoms with Gasteiger partial charge in [0.1, 0.15) is 21.3 Å². The van der Waals surface area contributed by atoms with Gasteiger partial charge in [-0.3, -0.25) is 9.59 Å². The maximum atomic E-state index is 13.4. The molecular formula is C17H20Cl4O4. The van der Waals surface area contributed by atoms with Crippen molar-refractivity contribution < 1.29 is 19.1 Å². The van der Waals surface area contributed by atoms with Crippen LogP contribution in [0.1, 0.15) is 27.2 Å². The molecule has 0 aliphatic heterocycles. The molecule has 2 saturated carbocycles. The number of fused-ring (bicyclic) bond motifs is 5. The lowest BCUT2D eigenvalue weighted by molar-refractivity contribution is -0.222. The molecule has 3 aliphatic rings. The fraction of sp³-hybridized carbons (Fsp3) is 0.765. The summed E-state index contributed by atoms with van der Waals surface area (Å²) < 4.78 is 11.3. The second-order valence-corrected chi connectivity index (χ2v) is 9.46. The Labute approximate surface area is 167 Å². The standard InChI is InChI=1S/C17H20Cl4O4/c1-7(2)8-6-9(22)14(3)11(10(8)23)15(20)12(18)13(19)16(14,21)17(15,24-4)25-5/h7-8,11H,6H2,1-5H3/t8-,11-,14+,15-,16-/m1/s1. The van der Waals surface area contributed by atoms with Gasteiger partial charge >= 0.3 is 0 Å². The molecule has 2 fully saturated rings. The van der Waals surface area contributed by atoms with E-state index in [1.807, 2.05) is 13.8 Å². The molecule has 4 nitrogen and oxygen atoms in total. The van der Waals surface area contributed by atoms with Gasteiger partial charge in [0.05, 0.1) is 21.4 Å². The van der Waals surface area contributed by atoms with Crippen LogP contribution in [-0.4, -0.2) is 41.3 Å². The van der Waals surface area contributed by atoms with E-state index in [4.69, 9.17) is 55.9 Å². The van der Waals surface area contributed by atoms with Gasteiger partial charge in [-0.1, -0.05) is 37.0 Å². The molecule has 0 aromatic heterocycles. The summed E-state index contributed by atoms with van der Waals surface area (Å²) >= 11 is 26.9. The van der Waals surface area contributed by atoms with Crippen molar-refractivity contribution in [2.45, 2.75) is 42.7 Å². The average Bonchev–Trinajstić information content (AvgIpc) is 2.78. The molecule has 0 amide bonds. The maximum absolute atomic E-state index is 13.4. The first kappa shape index (κ1) is 19.9. The van der Waals surface area contributed by atoms with Gasteiger partial charge < -0.3 is 9.47 Å². The van der Waals surface area contributed by atoms with Crippen molar-refractivity contribution in [1.29, 1.82) is 0 Å².